The Kier molecular flexibility index (Phi) is 5.18. The molecule has 6 nitrogen and oxygen atoms in total. The molecule has 0 fully saturated rings. The van der Waals surface area contributed by atoms with E-state index in [-0.39, 0.29) is 18.0 Å². The standard InChI is InChI=1S/C22H19ClN4O2/c1-15-6-8-16(9-7-15)19-12-20-22(29)26(10-11-27(20)25-19)14-21(28)24-13-17-4-2-3-5-18(17)23/h2-12H,13-14H2,1H3,(H,24,28). The van der Waals surface area contributed by atoms with Gasteiger partial charge in [0.05, 0.1) is 5.69 Å². The zero-order chi connectivity index (χ0) is 20.4. The maximum atomic E-state index is 12.8. The smallest absolute Gasteiger partial charge is 0.277 e. The molecule has 4 aromatic rings. The minimum atomic E-state index is -0.272. The summed E-state index contributed by atoms with van der Waals surface area (Å²) < 4.78 is 2.91. The average Bonchev–Trinajstić information content (AvgIpc) is 3.15. The van der Waals surface area contributed by atoms with E-state index in [0.29, 0.717) is 22.8 Å². The molecule has 0 spiro atoms. The van der Waals surface area contributed by atoms with Crippen molar-refractivity contribution < 1.29 is 4.79 Å². The van der Waals surface area contributed by atoms with Crippen molar-refractivity contribution in [1.82, 2.24) is 19.5 Å². The Bertz CT molecular complexity index is 1240. The van der Waals surface area contributed by atoms with Crippen molar-refractivity contribution in [3.05, 3.63) is 93.5 Å². The lowest BCUT2D eigenvalue weighted by molar-refractivity contribution is -0.121. The van der Waals surface area contributed by atoms with Gasteiger partial charge >= 0.3 is 0 Å². The first-order valence-electron chi connectivity index (χ1n) is 9.17. The largest absolute Gasteiger partial charge is 0.350 e. The Balaban J connectivity index is 1.53. The van der Waals surface area contributed by atoms with E-state index >= 15 is 0 Å². The van der Waals surface area contributed by atoms with Gasteiger partial charge in [-0.05, 0) is 24.6 Å². The van der Waals surface area contributed by atoms with Gasteiger partial charge in [0.2, 0.25) is 5.91 Å². The maximum absolute atomic E-state index is 12.8. The minimum absolute atomic E-state index is 0.0785. The van der Waals surface area contributed by atoms with Gasteiger partial charge in [-0.1, -0.05) is 59.6 Å². The predicted octanol–water partition coefficient (Wildman–Crippen LogP) is 3.44. The first-order chi connectivity index (χ1) is 14.0. The summed E-state index contributed by atoms with van der Waals surface area (Å²) in [6.45, 7) is 2.24. The Morgan fingerprint density at radius 2 is 1.86 bits per heavy atom. The lowest BCUT2D eigenvalue weighted by Gasteiger charge is -2.08. The molecule has 0 bridgehead atoms. The highest BCUT2D eigenvalue weighted by Crippen LogP contribution is 2.19. The van der Waals surface area contributed by atoms with Gasteiger partial charge in [-0.3, -0.25) is 9.59 Å². The molecule has 1 amide bonds. The van der Waals surface area contributed by atoms with Gasteiger partial charge in [0, 0.05) is 29.5 Å². The third-order valence-electron chi connectivity index (χ3n) is 4.70. The van der Waals surface area contributed by atoms with Crippen LogP contribution in [0.15, 0.2) is 71.8 Å². The molecule has 7 heteroatoms. The van der Waals surface area contributed by atoms with Crippen LogP contribution in [-0.4, -0.2) is 20.1 Å². The maximum Gasteiger partial charge on any atom is 0.277 e. The van der Waals surface area contributed by atoms with Crippen molar-refractivity contribution in [2.24, 2.45) is 0 Å². The number of rotatable bonds is 5. The highest BCUT2D eigenvalue weighted by atomic mass is 35.5. The molecule has 0 radical (unpaired) electrons. The number of fused-ring (bicyclic) bond motifs is 1. The van der Waals surface area contributed by atoms with Crippen molar-refractivity contribution in [2.45, 2.75) is 20.0 Å². The van der Waals surface area contributed by atoms with Crippen LogP contribution in [0.25, 0.3) is 16.8 Å². The second-order valence-electron chi connectivity index (χ2n) is 6.82. The third-order valence-corrected chi connectivity index (χ3v) is 5.07. The highest BCUT2D eigenvalue weighted by molar-refractivity contribution is 6.31. The molecule has 0 unspecified atom stereocenters. The topological polar surface area (TPSA) is 68.4 Å². The van der Waals surface area contributed by atoms with E-state index in [1.54, 1.807) is 24.5 Å². The van der Waals surface area contributed by atoms with Crippen LogP contribution in [0.1, 0.15) is 11.1 Å². The molecule has 2 aromatic carbocycles. The summed E-state index contributed by atoms with van der Waals surface area (Å²) in [6, 6.07) is 17.0. The molecular formula is C22H19ClN4O2. The molecule has 0 saturated heterocycles. The molecule has 29 heavy (non-hydrogen) atoms. The summed E-state index contributed by atoms with van der Waals surface area (Å²) in [5.41, 5.74) is 3.77. The number of carbonyl (C=O) groups excluding carboxylic acids is 1. The van der Waals surface area contributed by atoms with Crippen molar-refractivity contribution in [3.63, 3.8) is 0 Å². The van der Waals surface area contributed by atoms with E-state index in [2.05, 4.69) is 10.4 Å². The molecule has 4 rings (SSSR count). The fraction of sp³-hybridized carbons (Fsp3) is 0.136. The van der Waals surface area contributed by atoms with Crippen LogP contribution in [0.3, 0.4) is 0 Å². The number of hydrogen-bond donors (Lipinski definition) is 1. The lowest BCUT2D eigenvalue weighted by atomic mass is 10.1. The number of hydrogen-bond acceptors (Lipinski definition) is 3. The number of nitrogens with zero attached hydrogens (tertiary/aromatic N) is 3. The first-order valence-corrected chi connectivity index (χ1v) is 9.55. The molecule has 0 aliphatic heterocycles. The van der Waals surface area contributed by atoms with Crippen molar-refractivity contribution in [3.8, 4) is 11.3 Å². The second kappa shape index (κ2) is 7.93. The zero-order valence-electron chi connectivity index (χ0n) is 15.8. The van der Waals surface area contributed by atoms with Crippen LogP contribution in [0, 0.1) is 6.92 Å². The Hall–Kier alpha value is -3.38. The van der Waals surface area contributed by atoms with Crippen LogP contribution < -0.4 is 10.9 Å². The van der Waals surface area contributed by atoms with Crippen molar-refractivity contribution in [1.29, 1.82) is 0 Å². The van der Waals surface area contributed by atoms with Gasteiger partial charge in [-0.2, -0.15) is 5.10 Å². The fourth-order valence-corrected chi connectivity index (χ4v) is 3.26. The fourth-order valence-electron chi connectivity index (χ4n) is 3.06. The van der Waals surface area contributed by atoms with Gasteiger partial charge < -0.3 is 9.88 Å². The summed E-state index contributed by atoms with van der Waals surface area (Å²) in [6.07, 6.45) is 3.24. The molecule has 0 saturated carbocycles. The van der Waals surface area contributed by atoms with Crippen molar-refractivity contribution in [2.75, 3.05) is 0 Å². The van der Waals surface area contributed by atoms with Crippen LogP contribution in [0.4, 0.5) is 0 Å². The number of aryl methyl sites for hydroxylation is 1. The van der Waals surface area contributed by atoms with Gasteiger partial charge in [-0.15, -0.1) is 0 Å². The molecule has 146 valence electrons. The lowest BCUT2D eigenvalue weighted by Crippen LogP contribution is -2.32. The quantitative estimate of drug-likeness (QED) is 0.552. The van der Waals surface area contributed by atoms with Gasteiger partial charge in [-0.25, -0.2) is 4.52 Å². The third kappa shape index (κ3) is 4.07. The van der Waals surface area contributed by atoms with E-state index in [4.69, 9.17) is 11.6 Å². The summed E-state index contributed by atoms with van der Waals surface area (Å²) >= 11 is 6.10. The summed E-state index contributed by atoms with van der Waals surface area (Å²) in [5.74, 6) is -0.269. The highest BCUT2D eigenvalue weighted by Gasteiger charge is 2.11. The number of nitrogens with one attached hydrogen (secondary N) is 1. The van der Waals surface area contributed by atoms with Crippen LogP contribution >= 0.6 is 11.6 Å². The predicted molar refractivity (Wildman–Crippen MR) is 113 cm³/mol. The molecular weight excluding hydrogens is 388 g/mol. The normalized spacial score (nSPS) is 11.0. The van der Waals surface area contributed by atoms with Gasteiger partial charge in [0.25, 0.3) is 5.56 Å². The number of benzene rings is 2. The van der Waals surface area contributed by atoms with Crippen LogP contribution in [-0.2, 0) is 17.9 Å². The molecule has 0 aliphatic rings. The van der Waals surface area contributed by atoms with Gasteiger partial charge in [0.15, 0.2) is 0 Å². The average molecular weight is 407 g/mol. The molecule has 1 N–H and O–H groups in total. The molecule has 2 aromatic heterocycles. The van der Waals surface area contributed by atoms with E-state index < -0.39 is 0 Å². The van der Waals surface area contributed by atoms with E-state index in [1.165, 1.54) is 9.08 Å². The zero-order valence-corrected chi connectivity index (χ0v) is 16.6. The van der Waals surface area contributed by atoms with E-state index in [0.717, 1.165) is 16.7 Å². The SMILES string of the molecule is Cc1ccc(-c2cc3c(=O)n(CC(=O)NCc4ccccc4Cl)ccn3n2)cc1. The van der Waals surface area contributed by atoms with E-state index in [9.17, 15) is 9.59 Å². The van der Waals surface area contributed by atoms with Crippen LogP contribution in [0.2, 0.25) is 5.02 Å². The molecule has 0 atom stereocenters. The monoisotopic (exact) mass is 406 g/mol. The molecule has 2 heterocycles. The summed E-state index contributed by atoms with van der Waals surface area (Å²) in [5, 5.41) is 7.85. The summed E-state index contributed by atoms with van der Waals surface area (Å²) in [4.78, 5) is 25.1. The summed E-state index contributed by atoms with van der Waals surface area (Å²) in [7, 11) is 0. The molecule has 0 aliphatic carbocycles. The minimum Gasteiger partial charge on any atom is -0.350 e. The number of carbonyl (C=O) groups is 1. The Labute approximate surface area is 172 Å². The number of halogens is 1. The second-order valence-corrected chi connectivity index (χ2v) is 7.23. The number of amides is 1. The number of aromatic nitrogens is 3. The Morgan fingerprint density at radius 3 is 2.62 bits per heavy atom. The van der Waals surface area contributed by atoms with E-state index in [1.807, 2.05) is 49.4 Å². The van der Waals surface area contributed by atoms with Gasteiger partial charge in [0.1, 0.15) is 12.1 Å². The first kappa shape index (κ1) is 19.0. The van der Waals surface area contributed by atoms with Crippen molar-refractivity contribution >= 4 is 23.0 Å². The van der Waals surface area contributed by atoms with Crippen LogP contribution in [0.5, 0.6) is 0 Å². The Morgan fingerprint density at radius 1 is 1.10 bits per heavy atom.